The fourth-order valence-electron chi connectivity index (χ4n) is 2.75. The van der Waals surface area contributed by atoms with Gasteiger partial charge in [-0.1, -0.05) is 54.1 Å². The van der Waals surface area contributed by atoms with E-state index >= 15 is 0 Å². The average molecular weight is 301 g/mol. The van der Waals surface area contributed by atoms with E-state index in [1.807, 2.05) is 55.5 Å². The van der Waals surface area contributed by atoms with Crippen molar-refractivity contribution in [2.24, 2.45) is 0 Å². The van der Waals surface area contributed by atoms with Crippen molar-refractivity contribution < 1.29 is 9.53 Å². The second kappa shape index (κ2) is 5.94. The molecule has 0 saturated carbocycles. The van der Waals surface area contributed by atoms with Crippen LogP contribution in [0, 0.1) is 18.3 Å². The number of benzene rings is 3. The maximum Gasteiger partial charge on any atom is 0.338 e. The van der Waals surface area contributed by atoms with Gasteiger partial charge in [0.2, 0.25) is 0 Å². The SMILES string of the molecule is COC(=O)c1cc2ccccc2c(C#N)c1-c1ccc(C)cc1. The van der Waals surface area contributed by atoms with Crippen LogP contribution in [0.4, 0.5) is 0 Å². The molecule has 3 aromatic carbocycles. The lowest BCUT2D eigenvalue weighted by molar-refractivity contribution is 0.0602. The topological polar surface area (TPSA) is 50.1 Å². The van der Waals surface area contributed by atoms with Gasteiger partial charge in [-0.25, -0.2) is 4.79 Å². The average Bonchev–Trinajstić information content (AvgIpc) is 2.60. The van der Waals surface area contributed by atoms with Crippen LogP contribution in [0.2, 0.25) is 0 Å². The lowest BCUT2D eigenvalue weighted by Gasteiger charge is -2.13. The van der Waals surface area contributed by atoms with Crippen LogP contribution in [-0.2, 0) is 4.74 Å². The number of hydrogen-bond donors (Lipinski definition) is 0. The Labute approximate surface area is 134 Å². The Morgan fingerprint density at radius 2 is 1.78 bits per heavy atom. The Hall–Kier alpha value is -3.12. The Balaban J connectivity index is 2.43. The molecule has 112 valence electrons. The van der Waals surface area contributed by atoms with Crippen LogP contribution >= 0.6 is 0 Å². The molecule has 3 aromatic rings. The van der Waals surface area contributed by atoms with E-state index in [2.05, 4.69) is 6.07 Å². The third-order valence-electron chi connectivity index (χ3n) is 3.91. The van der Waals surface area contributed by atoms with E-state index in [4.69, 9.17) is 4.74 Å². The van der Waals surface area contributed by atoms with Gasteiger partial charge in [0.05, 0.1) is 18.2 Å². The summed E-state index contributed by atoms with van der Waals surface area (Å²) in [5.74, 6) is -0.442. The molecule has 0 amide bonds. The number of fused-ring (bicyclic) bond motifs is 1. The van der Waals surface area contributed by atoms with Crippen LogP contribution in [0.1, 0.15) is 21.5 Å². The molecule has 0 fully saturated rings. The number of ether oxygens (including phenoxy) is 1. The summed E-state index contributed by atoms with van der Waals surface area (Å²) in [5, 5.41) is 11.4. The van der Waals surface area contributed by atoms with Gasteiger partial charge in [-0.05, 0) is 23.9 Å². The van der Waals surface area contributed by atoms with E-state index in [-0.39, 0.29) is 0 Å². The minimum Gasteiger partial charge on any atom is -0.465 e. The summed E-state index contributed by atoms with van der Waals surface area (Å²) in [6.07, 6.45) is 0. The number of rotatable bonds is 2. The number of aryl methyl sites for hydroxylation is 1. The number of carbonyl (C=O) groups is 1. The molecule has 0 aliphatic heterocycles. The van der Waals surface area contributed by atoms with Crippen LogP contribution in [0.3, 0.4) is 0 Å². The fraction of sp³-hybridized carbons (Fsp3) is 0.100. The largest absolute Gasteiger partial charge is 0.465 e. The van der Waals surface area contributed by atoms with Crippen molar-refractivity contribution in [1.29, 1.82) is 5.26 Å². The summed E-state index contributed by atoms with van der Waals surface area (Å²) >= 11 is 0. The first-order valence-electron chi connectivity index (χ1n) is 7.27. The van der Waals surface area contributed by atoms with Crippen molar-refractivity contribution >= 4 is 16.7 Å². The second-order valence-electron chi connectivity index (χ2n) is 5.36. The Bertz CT molecular complexity index is 934. The maximum atomic E-state index is 12.3. The zero-order valence-electron chi connectivity index (χ0n) is 13.0. The van der Waals surface area contributed by atoms with Gasteiger partial charge in [0.15, 0.2) is 0 Å². The molecule has 3 heteroatoms. The molecule has 0 N–H and O–H groups in total. The summed E-state index contributed by atoms with van der Waals surface area (Å²) in [6, 6.07) is 19.4. The van der Waals surface area contributed by atoms with E-state index in [0.717, 1.165) is 21.9 Å². The van der Waals surface area contributed by atoms with Gasteiger partial charge in [0, 0.05) is 10.9 Å². The summed E-state index contributed by atoms with van der Waals surface area (Å²) in [4.78, 5) is 12.3. The highest BCUT2D eigenvalue weighted by Gasteiger charge is 2.20. The van der Waals surface area contributed by atoms with E-state index in [1.54, 1.807) is 6.07 Å². The number of methoxy groups -OCH3 is 1. The first kappa shape index (κ1) is 14.8. The van der Waals surface area contributed by atoms with Crippen LogP contribution in [0.5, 0.6) is 0 Å². The zero-order valence-corrected chi connectivity index (χ0v) is 13.0. The molecule has 3 rings (SSSR count). The van der Waals surface area contributed by atoms with Crippen molar-refractivity contribution in [3.05, 3.63) is 71.3 Å². The minimum absolute atomic E-state index is 0.409. The molecule has 0 unspecified atom stereocenters. The highest BCUT2D eigenvalue weighted by atomic mass is 16.5. The molecule has 0 radical (unpaired) electrons. The highest BCUT2D eigenvalue weighted by molar-refractivity contribution is 6.06. The molecule has 0 aromatic heterocycles. The zero-order chi connectivity index (χ0) is 16.4. The van der Waals surface area contributed by atoms with Gasteiger partial charge >= 0.3 is 5.97 Å². The van der Waals surface area contributed by atoms with Crippen LogP contribution < -0.4 is 0 Å². The Morgan fingerprint density at radius 1 is 1.09 bits per heavy atom. The number of carbonyl (C=O) groups excluding carboxylic acids is 1. The van der Waals surface area contributed by atoms with Gasteiger partial charge in [-0.3, -0.25) is 0 Å². The van der Waals surface area contributed by atoms with Gasteiger partial charge in [0.1, 0.15) is 6.07 Å². The van der Waals surface area contributed by atoms with Crippen LogP contribution in [0.15, 0.2) is 54.6 Å². The van der Waals surface area contributed by atoms with Crippen LogP contribution in [0.25, 0.3) is 21.9 Å². The molecule has 0 atom stereocenters. The van der Waals surface area contributed by atoms with Crippen molar-refractivity contribution in [2.75, 3.05) is 7.11 Å². The third kappa shape index (κ3) is 2.56. The molecule has 0 aliphatic carbocycles. The molecule has 3 nitrogen and oxygen atoms in total. The van der Waals surface area contributed by atoms with E-state index < -0.39 is 5.97 Å². The van der Waals surface area contributed by atoms with E-state index in [0.29, 0.717) is 16.7 Å². The van der Waals surface area contributed by atoms with Crippen molar-refractivity contribution in [3.8, 4) is 17.2 Å². The number of nitrogens with zero attached hydrogens (tertiary/aromatic N) is 1. The first-order valence-corrected chi connectivity index (χ1v) is 7.27. The predicted molar refractivity (Wildman–Crippen MR) is 90.2 cm³/mol. The number of hydrogen-bond acceptors (Lipinski definition) is 3. The summed E-state index contributed by atoms with van der Waals surface area (Å²) < 4.78 is 4.92. The van der Waals surface area contributed by atoms with Crippen molar-refractivity contribution in [2.45, 2.75) is 6.92 Å². The first-order chi connectivity index (χ1) is 11.2. The third-order valence-corrected chi connectivity index (χ3v) is 3.91. The van der Waals surface area contributed by atoms with Gasteiger partial charge in [-0.15, -0.1) is 0 Å². The smallest absolute Gasteiger partial charge is 0.338 e. The number of esters is 1. The lowest BCUT2D eigenvalue weighted by atomic mass is 9.90. The van der Waals surface area contributed by atoms with Gasteiger partial charge in [-0.2, -0.15) is 5.26 Å². The summed E-state index contributed by atoms with van der Waals surface area (Å²) in [7, 11) is 1.35. The maximum absolute atomic E-state index is 12.3. The second-order valence-corrected chi connectivity index (χ2v) is 5.36. The summed E-state index contributed by atoms with van der Waals surface area (Å²) in [5.41, 5.74) is 3.47. The Morgan fingerprint density at radius 3 is 2.43 bits per heavy atom. The molecule has 0 saturated heterocycles. The minimum atomic E-state index is -0.442. The highest BCUT2D eigenvalue weighted by Crippen LogP contribution is 2.34. The van der Waals surface area contributed by atoms with Crippen LogP contribution in [-0.4, -0.2) is 13.1 Å². The predicted octanol–water partition coefficient (Wildman–Crippen LogP) is 4.47. The molecule has 0 heterocycles. The molecule has 0 bridgehead atoms. The molecular formula is C20H15NO2. The normalized spacial score (nSPS) is 10.3. The van der Waals surface area contributed by atoms with E-state index in [9.17, 15) is 10.1 Å². The number of nitriles is 1. The van der Waals surface area contributed by atoms with E-state index in [1.165, 1.54) is 7.11 Å². The quantitative estimate of drug-likeness (QED) is 0.656. The molecule has 0 spiro atoms. The summed E-state index contributed by atoms with van der Waals surface area (Å²) in [6.45, 7) is 2.00. The molecule has 23 heavy (non-hydrogen) atoms. The Kier molecular flexibility index (Phi) is 3.82. The lowest BCUT2D eigenvalue weighted by Crippen LogP contribution is -2.06. The fourth-order valence-corrected chi connectivity index (χ4v) is 2.75. The molecular weight excluding hydrogens is 286 g/mol. The van der Waals surface area contributed by atoms with Crippen molar-refractivity contribution in [3.63, 3.8) is 0 Å². The van der Waals surface area contributed by atoms with Gasteiger partial charge in [0.25, 0.3) is 0 Å². The standard InChI is InChI=1S/C20H15NO2/c1-13-7-9-14(10-8-13)19-17(20(22)23-2)11-15-5-3-4-6-16(15)18(19)12-21/h3-11H,1-2H3. The monoisotopic (exact) mass is 301 g/mol. The van der Waals surface area contributed by atoms with Crippen molar-refractivity contribution in [1.82, 2.24) is 0 Å². The van der Waals surface area contributed by atoms with Gasteiger partial charge < -0.3 is 4.74 Å². The molecule has 0 aliphatic rings.